The summed E-state index contributed by atoms with van der Waals surface area (Å²) >= 11 is 6.13. The lowest BCUT2D eigenvalue weighted by Crippen LogP contribution is -2.32. The van der Waals surface area contributed by atoms with E-state index in [0.717, 1.165) is 11.1 Å². The number of rotatable bonds is 9. The lowest BCUT2D eigenvalue weighted by molar-refractivity contribution is -0.121. The van der Waals surface area contributed by atoms with Gasteiger partial charge in [-0.05, 0) is 49.6 Å². The minimum absolute atomic E-state index is 0.0725. The van der Waals surface area contributed by atoms with Crippen molar-refractivity contribution in [3.8, 4) is 11.4 Å². The van der Waals surface area contributed by atoms with Crippen LogP contribution in [0.4, 0.5) is 5.69 Å². The Labute approximate surface area is 192 Å². The van der Waals surface area contributed by atoms with Gasteiger partial charge < -0.3 is 9.84 Å². The lowest BCUT2D eigenvalue weighted by atomic mass is 10.1. The molecular weight excluding hydrogens is 452 g/mol. The Morgan fingerprint density at radius 3 is 2.62 bits per heavy atom. The highest BCUT2D eigenvalue weighted by molar-refractivity contribution is 7.92. The summed E-state index contributed by atoms with van der Waals surface area (Å²) in [6, 6.07) is 12.7. The average Bonchev–Trinajstić information content (AvgIpc) is 3.20. The van der Waals surface area contributed by atoms with E-state index in [1.165, 1.54) is 10.6 Å². The third-order valence-electron chi connectivity index (χ3n) is 5.03. The number of nitrogens with one attached hydrogen (secondary N) is 1. The van der Waals surface area contributed by atoms with Crippen molar-refractivity contribution in [2.45, 2.75) is 33.2 Å². The fraction of sp³-hybridized carbons (Fsp3) is 0.318. The highest BCUT2D eigenvalue weighted by atomic mass is 35.5. The molecule has 0 radical (unpaired) electrons. The fourth-order valence-electron chi connectivity index (χ4n) is 3.20. The minimum Gasteiger partial charge on any atom is -0.347 e. The number of aryl methyl sites for hydroxylation is 1. The van der Waals surface area contributed by atoms with Gasteiger partial charge in [-0.2, -0.15) is 4.98 Å². The molecule has 1 aromatic heterocycles. The Morgan fingerprint density at radius 1 is 1.16 bits per heavy atom. The second-order valence-corrected chi connectivity index (χ2v) is 9.74. The number of hydrogen-bond donors (Lipinski definition) is 1. The number of hydrogen-bond acceptors (Lipinski definition) is 6. The Bertz CT molecular complexity index is 1210. The zero-order chi connectivity index (χ0) is 23.3. The molecule has 1 heterocycles. The van der Waals surface area contributed by atoms with Gasteiger partial charge in [-0.15, -0.1) is 0 Å². The van der Waals surface area contributed by atoms with Gasteiger partial charge in [-0.3, -0.25) is 9.10 Å². The Kier molecular flexibility index (Phi) is 7.52. The van der Waals surface area contributed by atoms with Gasteiger partial charge in [0.25, 0.3) is 0 Å². The van der Waals surface area contributed by atoms with Gasteiger partial charge in [-0.25, -0.2) is 8.42 Å². The summed E-state index contributed by atoms with van der Waals surface area (Å²) in [7, 11) is -3.48. The number of halogens is 1. The van der Waals surface area contributed by atoms with Crippen LogP contribution < -0.4 is 9.62 Å². The number of anilines is 1. The van der Waals surface area contributed by atoms with E-state index >= 15 is 0 Å². The third kappa shape index (κ3) is 5.86. The number of amides is 1. The highest BCUT2D eigenvalue weighted by Gasteiger charge is 2.20. The standard InChI is InChI=1S/C22H25ClN4O4S/c1-15-8-6-11-19(16(15)2)27(32(3,29)30)13-7-12-20(28)24-14-21-25-22(26-31-21)17-9-4-5-10-18(17)23/h4-6,8-11H,7,12-14H2,1-3H3,(H,24,28). The first-order chi connectivity index (χ1) is 15.2. The Morgan fingerprint density at radius 2 is 1.91 bits per heavy atom. The molecule has 0 saturated heterocycles. The smallest absolute Gasteiger partial charge is 0.246 e. The molecule has 3 aromatic rings. The molecule has 0 spiro atoms. The first kappa shape index (κ1) is 23.7. The van der Waals surface area contributed by atoms with Crippen LogP contribution in [-0.4, -0.2) is 37.3 Å². The number of benzene rings is 2. The van der Waals surface area contributed by atoms with E-state index in [2.05, 4.69) is 15.5 Å². The van der Waals surface area contributed by atoms with Crippen LogP contribution in [-0.2, 0) is 21.4 Å². The first-order valence-electron chi connectivity index (χ1n) is 10.0. The highest BCUT2D eigenvalue weighted by Crippen LogP contribution is 2.26. The third-order valence-corrected chi connectivity index (χ3v) is 6.54. The van der Waals surface area contributed by atoms with E-state index in [4.69, 9.17) is 16.1 Å². The maximum Gasteiger partial charge on any atom is 0.246 e. The second-order valence-electron chi connectivity index (χ2n) is 7.43. The molecule has 1 amide bonds. The van der Waals surface area contributed by atoms with Crippen molar-refractivity contribution in [2.24, 2.45) is 0 Å². The topological polar surface area (TPSA) is 105 Å². The normalized spacial score (nSPS) is 11.4. The van der Waals surface area contributed by atoms with Crippen molar-refractivity contribution in [3.05, 3.63) is 64.5 Å². The summed E-state index contributed by atoms with van der Waals surface area (Å²) < 4.78 is 31.1. The predicted molar refractivity (Wildman–Crippen MR) is 124 cm³/mol. The molecule has 0 aliphatic heterocycles. The van der Waals surface area contributed by atoms with Crippen LogP contribution in [0.3, 0.4) is 0 Å². The van der Waals surface area contributed by atoms with E-state index in [-0.39, 0.29) is 31.3 Å². The van der Waals surface area contributed by atoms with Crippen LogP contribution in [0.15, 0.2) is 47.0 Å². The molecule has 0 saturated carbocycles. The van der Waals surface area contributed by atoms with Gasteiger partial charge in [-0.1, -0.05) is 41.0 Å². The lowest BCUT2D eigenvalue weighted by Gasteiger charge is -2.24. The van der Waals surface area contributed by atoms with Crippen LogP contribution in [0.25, 0.3) is 11.4 Å². The van der Waals surface area contributed by atoms with Crippen LogP contribution >= 0.6 is 11.6 Å². The van der Waals surface area contributed by atoms with Crippen LogP contribution in [0.2, 0.25) is 5.02 Å². The second kappa shape index (κ2) is 10.1. The quantitative estimate of drug-likeness (QED) is 0.502. The first-order valence-corrected chi connectivity index (χ1v) is 12.3. The maximum absolute atomic E-state index is 12.3. The van der Waals surface area contributed by atoms with Crippen molar-refractivity contribution in [1.82, 2.24) is 15.5 Å². The summed E-state index contributed by atoms with van der Waals surface area (Å²) in [6.07, 6.45) is 1.68. The van der Waals surface area contributed by atoms with Gasteiger partial charge in [0.1, 0.15) is 0 Å². The molecule has 1 N–H and O–H groups in total. The SMILES string of the molecule is Cc1cccc(N(CCCC(=O)NCc2nc(-c3ccccc3Cl)no2)S(C)(=O)=O)c1C. The van der Waals surface area contributed by atoms with Crippen molar-refractivity contribution in [1.29, 1.82) is 0 Å². The summed E-state index contributed by atoms with van der Waals surface area (Å²) in [5.74, 6) is 0.357. The molecule has 170 valence electrons. The van der Waals surface area contributed by atoms with E-state index < -0.39 is 10.0 Å². The number of aromatic nitrogens is 2. The van der Waals surface area contributed by atoms with Crippen LogP contribution in [0, 0.1) is 13.8 Å². The number of nitrogens with zero attached hydrogens (tertiary/aromatic N) is 3. The fourth-order valence-corrected chi connectivity index (χ4v) is 4.43. The van der Waals surface area contributed by atoms with Crippen molar-refractivity contribution in [2.75, 3.05) is 17.1 Å². The number of sulfonamides is 1. The Hall–Kier alpha value is -2.91. The molecule has 10 heteroatoms. The molecule has 0 fully saturated rings. The van der Waals surface area contributed by atoms with Gasteiger partial charge in [0.05, 0.1) is 23.5 Å². The minimum atomic E-state index is -3.48. The van der Waals surface area contributed by atoms with Gasteiger partial charge in [0.15, 0.2) is 0 Å². The van der Waals surface area contributed by atoms with E-state index in [1.807, 2.05) is 32.0 Å². The van der Waals surface area contributed by atoms with E-state index in [1.54, 1.807) is 24.3 Å². The van der Waals surface area contributed by atoms with Gasteiger partial charge in [0.2, 0.25) is 27.6 Å². The molecule has 0 atom stereocenters. The van der Waals surface area contributed by atoms with Crippen molar-refractivity contribution in [3.63, 3.8) is 0 Å². The van der Waals surface area contributed by atoms with Gasteiger partial charge in [0, 0.05) is 18.5 Å². The maximum atomic E-state index is 12.3. The summed E-state index contributed by atoms with van der Waals surface area (Å²) in [5.41, 5.74) is 3.17. The van der Waals surface area contributed by atoms with E-state index in [0.29, 0.717) is 28.5 Å². The molecule has 0 aliphatic rings. The summed E-state index contributed by atoms with van der Waals surface area (Å²) in [6.45, 7) is 4.09. The summed E-state index contributed by atoms with van der Waals surface area (Å²) in [5, 5.41) is 7.11. The molecule has 0 unspecified atom stereocenters. The van der Waals surface area contributed by atoms with Gasteiger partial charge >= 0.3 is 0 Å². The molecule has 3 rings (SSSR count). The average molecular weight is 477 g/mol. The molecule has 0 aliphatic carbocycles. The molecule has 2 aromatic carbocycles. The van der Waals surface area contributed by atoms with Crippen LogP contribution in [0.5, 0.6) is 0 Å². The number of carbonyl (C=O) groups excluding carboxylic acids is 1. The zero-order valence-electron chi connectivity index (χ0n) is 18.1. The van der Waals surface area contributed by atoms with Crippen molar-refractivity contribution >= 4 is 33.2 Å². The monoisotopic (exact) mass is 476 g/mol. The molecular formula is C22H25ClN4O4S. The molecule has 32 heavy (non-hydrogen) atoms. The van der Waals surface area contributed by atoms with E-state index in [9.17, 15) is 13.2 Å². The molecule has 0 bridgehead atoms. The largest absolute Gasteiger partial charge is 0.347 e. The Balaban J connectivity index is 1.54. The number of carbonyl (C=O) groups is 1. The molecule has 8 nitrogen and oxygen atoms in total. The predicted octanol–water partition coefficient (Wildman–Crippen LogP) is 3.87. The summed E-state index contributed by atoms with van der Waals surface area (Å²) in [4.78, 5) is 16.5. The van der Waals surface area contributed by atoms with Crippen LogP contribution in [0.1, 0.15) is 29.9 Å². The van der Waals surface area contributed by atoms with Crippen molar-refractivity contribution < 1.29 is 17.7 Å². The zero-order valence-corrected chi connectivity index (χ0v) is 19.7.